The summed E-state index contributed by atoms with van der Waals surface area (Å²) in [7, 11) is 0. The molecule has 3 heterocycles. The van der Waals surface area contributed by atoms with Crippen molar-refractivity contribution in [1.29, 1.82) is 0 Å². The van der Waals surface area contributed by atoms with E-state index in [9.17, 15) is 39.5 Å². The van der Waals surface area contributed by atoms with Crippen molar-refractivity contribution in [1.82, 2.24) is 19.9 Å². The molecule has 1 aliphatic heterocycles. The lowest BCUT2D eigenvalue weighted by Crippen LogP contribution is -2.40. The number of anilines is 1. The summed E-state index contributed by atoms with van der Waals surface area (Å²) >= 11 is 0. The molecule has 2 aromatic rings. The van der Waals surface area contributed by atoms with E-state index >= 15 is 0 Å². The third kappa shape index (κ3) is 16.4. The van der Waals surface area contributed by atoms with Crippen molar-refractivity contribution in [3.8, 4) is 0 Å². The minimum atomic E-state index is -5.08. The maximum atomic E-state index is 10.6. The van der Waals surface area contributed by atoms with Crippen LogP contribution in [-0.2, 0) is 25.7 Å². The molecule has 254 valence electrons. The highest BCUT2D eigenvalue weighted by Crippen LogP contribution is 2.25. The Labute approximate surface area is 249 Å². The summed E-state index contributed by atoms with van der Waals surface area (Å²) in [5.74, 6) is -6.45. The Kier molecular flexibility index (Phi) is 16.8. The van der Waals surface area contributed by atoms with Crippen LogP contribution < -0.4 is 4.90 Å². The number of aromatic nitrogens is 3. The van der Waals surface area contributed by atoms with Crippen LogP contribution in [0.5, 0.6) is 0 Å². The van der Waals surface area contributed by atoms with Gasteiger partial charge >= 0.3 is 36.4 Å². The van der Waals surface area contributed by atoms with Crippen LogP contribution in [0.25, 0.3) is 0 Å². The van der Waals surface area contributed by atoms with Gasteiger partial charge in [0.15, 0.2) is 0 Å². The number of rotatable bonds is 6. The first kappa shape index (κ1) is 40.7. The van der Waals surface area contributed by atoms with Gasteiger partial charge in [0.05, 0.1) is 19.3 Å². The summed E-state index contributed by atoms with van der Waals surface area (Å²) in [6.45, 7) is 9.24. The van der Waals surface area contributed by atoms with Crippen LogP contribution in [0.2, 0.25) is 0 Å². The second-order valence-corrected chi connectivity index (χ2v) is 8.28. The zero-order valence-electron chi connectivity index (χ0n) is 23.4. The fraction of sp³-hybridized carbons (Fsp3) is 0.500. The van der Waals surface area contributed by atoms with E-state index in [1.54, 1.807) is 6.20 Å². The van der Waals surface area contributed by atoms with Gasteiger partial charge in [-0.05, 0) is 31.5 Å². The second kappa shape index (κ2) is 18.5. The van der Waals surface area contributed by atoms with E-state index in [-0.39, 0.29) is 6.04 Å². The average molecular weight is 669 g/mol. The molecule has 0 saturated carbocycles. The lowest BCUT2D eigenvalue weighted by atomic mass is 10.1. The minimum Gasteiger partial charge on any atom is -0.475 e. The molecule has 1 atom stereocenters. The summed E-state index contributed by atoms with van der Waals surface area (Å²) in [6, 6.07) is 6.13. The Morgan fingerprint density at radius 1 is 0.889 bits per heavy atom. The van der Waals surface area contributed by atoms with E-state index in [0.29, 0.717) is 6.61 Å². The number of carbonyl (C=O) groups is 3. The molecule has 45 heavy (non-hydrogen) atoms. The summed E-state index contributed by atoms with van der Waals surface area (Å²) in [5.41, 5.74) is 1.20. The summed E-state index contributed by atoms with van der Waals surface area (Å²) < 4.78 is 101. The molecule has 3 rings (SSSR count). The zero-order valence-corrected chi connectivity index (χ0v) is 23.4. The molecule has 12 nitrogen and oxygen atoms in total. The summed E-state index contributed by atoms with van der Waals surface area (Å²) in [4.78, 5) is 44.9. The highest BCUT2D eigenvalue weighted by Gasteiger charge is 2.39. The third-order valence-electron chi connectivity index (χ3n) is 5.12. The molecule has 1 unspecified atom stereocenters. The molecule has 0 aromatic carbocycles. The molecular weight excluding hydrogens is 641 g/mol. The quantitative estimate of drug-likeness (QED) is 0.376. The molecule has 0 radical (unpaired) electrons. The molecule has 1 aliphatic rings. The fourth-order valence-corrected chi connectivity index (χ4v) is 3.04. The normalized spacial score (nSPS) is 15.1. The number of hydrogen-bond donors (Lipinski definition) is 3. The first-order valence-electron chi connectivity index (χ1n) is 12.3. The molecular formula is C24H28F9N5O7. The molecule has 1 fully saturated rings. The Morgan fingerprint density at radius 2 is 1.38 bits per heavy atom. The third-order valence-corrected chi connectivity index (χ3v) is 5.12. The van der Waals surface area contributed by atoms with Crippen LogP contribution in [0.1, 0.15) is 31.3 Å². The molecule has 2 aromatic heterocycles. The number of ether oxygens (including phenoxy) is 1. The smallest absolute Gasteiger partial charge is 0.475 e. The standard InChI is InChI=1S/C18H25N5O.3C2HF3O2/c1-3-22(4-2)17-7-9-20-18(21-17)16-14-24-11-10-23(16)13-15-6-5-8-19-12-15;3*3-2(4,5)1(6)7/h5-9,12,16H,3-4,10-11,13-14H2,1-2H3;3*(H,6,7). The van der Waals surface area contributed by atoms with Gasteiger partial charge in [-0.1, -0.05) is 6.07 Å². The number of carboxylic acid groups (broad SMARTS) is 3. The van der Waals surface area contributed by atoms with Crippen molar-refractivity contribution in [2.45, 2.75) is 45.0 Å². The highest BCUT2D eigenvalue weighted by molar-refractivity contribution is 5.73. The Hall–Kier alpha value is -4.27. The van der Waals surface area contributed by atoms with E-state index in [4.69, 9.17) is 39.4 Å². The maximum Gasteiger partial charge on any atom is 0.490 e. The number of pyridine rings is 1. The van der Waals surface area contributed by atoms with Crippen LogP contribution in [0.3, 0.4) is 0 Å². The van der Waals surface area contributed by atoms with E-state index in [2.05, 4.69) is 39.7 Å². The number of halogens is 9. The number of nitrogens with zero attached hydrogens (tertiary/aromatic N) is 5. The molecule has 21 heteroatoms. The van der Waals surface area contributed by atoms with Gasteiger partial charge in [0.2, 0.25) is 0 Å². The van der Waals surface area contributed by atoms with E-state index in [1.807, 2.05) is 24.5 Å². The minimum absolute atomic E-state index is 0.0782. The van der Waals surface area contributed by atoms with Crippen LogP contribution in [0, 0.1) is 0 Å². The predicted molar refractivity (Wildman–Crippen MR) is 135 cm³/mol. The lowest BCUT2D eigenvalue weighted by Gasteiger charge is -2.34. The highest BCUT2D eigenvalue weighted by atomic mass is 19.4. The number of morpholine rings is 1. The molecule has 0 aliphatic carbocycles. The molecule has 0 bridgehead atoms. The molecule has 3 N–H and O–H groups in total. The number of aliphatic carboxylic acids is 3. The van der Waals surface area contributed by atoms with Gasteiger partial charge in [-0.15, -0.1) is 0 Å². The van der Waals surface area contributed by atoms with Crippen LogP contribution in [0.4, 0.5) is 45.3 Å². The van der Waals surface area contributed by atoms with Crippen LogP contribution >= 0.6 is 0 Å². The largest absolute Gasteiger partial charge is 0.490 e. The van der Waals surface area contributed by atoms with E-state index < -0.39 is 36.4 Å². The van der Waals surface area contributed by atoms with E-state index in [1.165, 1.54) is 5.56 Å². The predicted octanol–water partition coefficient (Wildman–Crippen LogP) is 4.19. The van der Waals surface area contributed by atoms with Gasteiger partial charge in [0, 0.05) is 44.8 Å². The van der Waals surface area contributed by atoms with Gasteiger partial charge in [0.1, 0.15) is 11.6 Å². The van der Waals surface area contributed by atoms with Gasteiger partial charge in [0.25, 0.3) is 0 Å². The van der Waals surface area contributed by atoms with Gasteiger partial charge in [-0.25, -0.2) is 24.4 Å². The van der Waals surface area contributed by atoms with Crippen molar-refractivity contribution in [2.75, 3.05) is 37.7 Å². The van der Waals surface area contributed by atoms with Crippen molar-refractivity contribution in [2.24, 2.45) is 0 Å². The van der Waals surface area contributed by atoms with Crippen LogP contribution in [-0.4, -0.2) is 104 Å². The number of carboxylic acids is 3. The topological polar surface area (TPSA) is 166 Å². The molecule has 1 saturated heterocycles. The Bertz CT molecular complexity index is 1140. The number of hydrogen-bond acceptors (Lipinski definition) is 9. The molecule has 0 spiro atoms. The summed E-state index contributed by atoms with van der Waals surface area (Å²) in [5, 5.41) is 21.4. The fourth-order valence-electron chi connectivity index (χ4n) is 3.04. The van der Waals surface area contributed by atoms with Gasteiger partial charge in [-0.3, -0.25) is 9.88 Å². The van der Waals surface area contributed by atoms with Crippen molar-refractivity contribution in [3.05, 3.63) is 48.2 Å². The number of alkyl halides is 9. The van der Waals surface area contributed by atoms with Crippen molar-refractivity contribution < 1.29 is 74.0 Å². The van der Waals surface area contributed by atoms with Gasteiger partial charge < -0.3 is 25.0 Å². The van der Waals surface area contributed by atoms with E-state index in [0.717, 1.165) is 44.4 Å². The lowest BCUT2D eigenvalue weighted by molar-refractivity contribution is -0.193. The second-order valence-electron chi connectivity index (χ2n) is 8.28. The first-order valence-corrected chi connectivity index (χ1v) is 12.3. The average Bonchev–Trinajstić information content (AvgIpc) is 2.94. The molecule has 0 amide bonds. The SMILES string of the molecule is CCN(CC)c1ccnc(C2COCCN2Cc2cccnc2)n1.O=C(O)C(F)(F)F.O=C(O)C(F)(F)F.O=C(O)C(F)(F)F. The van der Waals surface area contributed by atoms with Crippen molar-refractivity contribution in [3.63, 3.8) is 0 Å². The first-order chi connectivity index (χ1) is 20.6. The Morgan fingerprint density at radius 3 is 1.78 bits per heavy atom. The van der Waals surface area contributed by atoms with Gasteiger partial charge in [-0.2, -0.15) is 39.5 Å². The zero-order chi connectivity index (χ0) is 35.0. The monoisotopic (exact) mass is 669 g/mol. The Balaban J connectivity index is 0.000000753. The van der Waals surface area contributed by atoms with Crippen molar-refractivity contribution >= 4 is 23.7 Å². The summed E-state index contributed by atoms with van der Waals surface area (Å²) in [6.07, 6.45) is -9.68. The van der Waals surface area contributed by atoms with Crippen LogP contribution in [0.15, 0.2) is 36.8 Å². The maximum absolute atomic E-state index is 10.6.